The van der Waals surface area contributed by atoms with E-state index in [9.17, 15) is 4.79 Å². The molecule has 0 spiro atoms. The predicted molar refractivity (Wildman–Crippen MR) is 84.0 cm³/mol. The van der Waals surface area contributed by atoms with E-state index in [0.717, 1.165) is 23.4 Å². The third kappa shape index (κ3) is 3.98. The van der Waals surface area contributed by atoms with Gasteiger partial charge in [0.1, 0.15) is 5.69 Å². The molecule has 0 aliphatic heterocycles. The summed E-state index contributed by atoms with van der Waals surface area (Å²) >= 11 is 0. The van der Waals surface area contributed by atoms with Gasteiger partial charge in [-0.3, -0.25) is 9.78 Å². The van der Waals surface area contributed by atoms with Gasteiger partial charge in [-0.2, -0.15) is 5.10 Å². The maximum Gasteiger partial charge on any atom is 0.271 e. The summed E-state index contributed by atoms with van der Waals surface area (Å²) in [5.41, 5.74) is 2.23. The third-order valence-electron chi connectivity index (χ3n) is 3.11. The van der Waals surface area contributed by atoms with Gasteiger partial charge < -0.3 is 5.32 Å². The van der Waals surface area contributed by atoms with E-state index >= 15 is 0 Å². The molecule has 0 unspecified atom stereocenters. The number of rotatable bonds is 6. The zero-order valence-corrected chi connectivity index (χ0v) is 12.8. The largest absolute Gasteiger partial charge is 0.310 e. The lowest BCUT2D eigenvalue weighted by atomic mass is 10.2. The molecule has 0 aromatic carbocycles. The number of nitrogens with one attached hydrogen (secondary N) is 1. The first-order valence-corrected chi connectivity index (χ1v) is 7.37. The van der Waals surface area contributed by atoms with E-state index in [0.29, 0.717) is 19.1 Å². The van der Waals surface area contributed by atoms with Crippen molar-refractivity contribution in [2.45, 2.75) is 46.3 Å². The van der Waals surface area contributed by atoms with Crippen LogP contribution in [0.5, 0.6) is 0 Å². The van der Waals surface area contributed by atoms with Crippen molar-refractivity contribution < 1.29 is 0 Å². The molecule has 0 aliphatic rings. The van der Waals surface area contributed by atoms with Crippen molar-refractivity contribution >= 4 is 0 Å². The predicted octanol–water partition coefficient (Wildman–Crippen LogP) is 2.21. The third-order valence-corrected chi connectivity index (χ3v) is 3.11. The Bertz CT molecular complexity index is 634. The van der Waals surface area contributed by atoms with Crippen LogP contribution in [0, 0.1) is 0 Å². The first-order chi connectivity index (χ1) is 10.1. The average molecular weight is 286 g/mol. The molecule has 2 rings (SSSR count). The van der Waals surface area contributed by atoms with Gasteiger partial charge >= 0.3 is 0 Å². The normalized spacial score (nSPS) is 11.0. The fourth-order valence-electron chi connectivity index (χ4n) is 2.04. The number of aryl methyl sites for hydroxylation is 1. The minimum absolute atomic E-state index is 0.0234. The van der Waals surface area contributed by atoms with E-state index in [-0.39, 0.29) is 5.56 Å². The van der Waals surface area contributed by atoms with Crippen molar-refractivity contribution in [3.05, 3.63) is 46.4 Å². The Morgan fingerprint density at radius 1 is 1.29 bits per heavy atom. The summed E-state index contributed by atoms with van der Waals surface area (Å²) in [5.74, 6) is 0. The number of aromatic nitrogens is 3. The smallest absolute Gasteiger partial charge is 0.271 e. The fraction of sp³-hybridized carbons (Fsp3) is 0.438. The van der Waals surface area contributed by atoms with E-state index in [2.05, 4.69) is 29.2 Å². The number of pyridine rings is 1. The maximum absolute atomic E-state index is 12.4. The summed E-state index contributed by atoms with van der Waals surface area (Å²) in [4.78, 5) is 16.7. The van der Waals surface area contributed by atoms with Gasteiger partial charge in [0, 0.05) is 30.9 Å². The highest BCUT2D eigenvalue weighted by molar-refractivity contribution is 5.53. The van der Waals surface area contributed by atoms with Gasteiger partial charge in [0.15, 0.2) is 0 Å². The van der Waals surface area contributed by atoms with Crippen molar-refractivity contribution in [2.24, 2.45) is 0 Å². The Kier molecular flexibility index (Phi) is 5.22. The highest BCUT2D eigenvalue weighted by Crippen LogP contribution is 2.13. The summed E-state index contributed by atoms with van der Waals surface area (Å²) in [6, 6.07) is 7.86. The topological polar surface area (TPSA) is 59.8 Å². The van der Waals surface area contributed by atoms with Crippen LogP contribution in [0.1, 0.15) is 32.8 Å². The molecule has 0 aliphatic carbocycles. The van der Waals surface area contributed by atoms with Crippen LogP contribution >= 0.6 is 0 Å². The van der Waals surface area contributed by atoms with Crippen molar-refractivity contribution in [2.75, 3.05) is 0 Å². The molecule has 0 amide bonds. The first kappa shape index (κ1) is 15.4. The van der Waals surface area contributed by atoms with Crippen LogP contribution in [0.25, 0.3) is 11.4 Å². The Morgan fingerprint density at radius 3 is 2.71 bits per heavy atom. The monoisotopic (exact) mass is 286 g/mol. The molecule has 2 heterocycles. The van der Waals surface area contributed by atoms with E-state index in [4.69, 9.17) is 0 Å². The van der Waals surface area contributed by atoms with Gasteiger partial charge in [-0.1, -0.05) is 26.8 Å². The second-order valence-corrected chi connectivity index (χ2v) is 5.33. The lowest BCUT2D eigenvalue weighted by molar-refractivity contribution is 0.544. The van der Waals surface area contributed by atoms with Crippen molar-refractivity contribution in [1.29, 1.82) is 0 Å². The maximum atomic E-state index is 12.4. The molecular formula is C16H22N4O. The number of hydrogen-bond donors (Lipinski definition) is 1. The standard InChI is InChI=1S/C16H22N4O/c1-4-9-20-16(21)13(11-18-12(2)3)10-15(19-20)14-7-5-6-8-17-14/h5-8,10,12,18H,4,9,11H2,1-3H3. The molecule has 0 radical (unpaired) electrons. The number of nitrogens with zero attached hydrogens (tertiary/aromatic N) is 3. The quantitative estimate of drug-likeness (QED) is 0.884. The zero-order chi connectivity index (χ0) is 15.2. The summed E-state index contributed by atoms with van der Waals surface area (Å²) < 4.78 is 1.54. The highest BCUT2D eigenvalue weighted by Gasteiger charge is 2.10. The van der Waals surface area contributed by atoms with E-state index in [1.54, 1.807) is 10.9 Å². The fourth-order valence-corrected chi connectivity index (χ4v) is 2.04. The van der Waals surface area contributed by atoms with Gasteiger partial charge in [0.05, 0.1) is 5.69 Å². The molecule has 112 valence electrons. The van der Waals surface area contributed by atoms with Crippen molar-refractivity contribution in [1.82, 2.24) is 20.1 Å². The molecule has 1 N–H and O–H groups in total. The van der Waals surface area contributed by atoms with Crippen LogP contribution in [-0.2, 0) is 13.1 Å². The Balaban J connectivity index is 2.44. The molecule has 0 fully saturated rings. The molecule has 0 saturated heterocycles. The lowest BCUT2D eigenvalue weighted by Gasteiger charge is -2.12. The van der Waals surface area contributed by atoms with E-state index < -0.39 is 0 Å². The molecule has 2 aromatic rings. The number of hydrogen-bond acceptors (Lipinski definition) is 4. The molecule has 0 bridgehead atoms. The molecule has 0 atom stereocenters. The summed E-state index contributed by atoms with van der Waals surface area (Å²) in [6.45, 7) is 7.32. The van der Waals surface area contributed by atoms with E-state index in [1.165, 1.54) is 0 Å². The van der Waals surface area contributed by atoms with Gasteiger partial charge in [-0.25, -0.2) is 4.68 Å². The van der Waals surface area contributed by atoms with E-state index in [1.807, 2.05) is 31.2 Å². The van der Waals surface area contributed by atoms with Crippen LogP contribution in [0.2, 0.25) is 0 Å². The zero-order valence-electron chi connectivity index (χ0n) is 12.8. The first-order valence-electron chi connectivity index (χ1n) is 7.37. The summed E-state index contributed by atoms with van der Waals surface area (Å²) in [5, 5.41) is 7.72. The minimum atomic E-state index is -0.0234. The lowest BCUT2D eigenvalue weighted by Crippen LogP contribution is -2.31. The summed E-state index contributed by atoms with van der Waals surface area (Å²) in [6.07, 6.45) is 2.61. The Morgan fingerprint density at radius 2 is 2.10 bits per heavy atom. The SMILES string of the molecule is CCCn1nc(-c2ccccn2)cc(CNC(C)C)c1=O. The average Bonchev–Trinajstić information content (AvgIpc) is 2.49. The second kappa shape index (κ2) is 7.13. The molecule has 21 heavy (non-hydrogen) atoms. The van der Waals surface area contributed by atoms with Crippen LogP contribution in [0.4, 0.5) is 0 Å². The van der Waals surface area contributed by atoms with Gasteiger partial charge in [0.2, 0.25) is 0 Å². The van der Waals surface area contributed by atoms with Crippen LogP contribution in [0.3, 0.4) is 0 Å². The van der Waals surface area contributed by atoms with Gasteiger partial charge in [0.25, 0.3) is 5.56 Å². The minimum Gasteiger partial charge on any atom is -0.310 e. The highest BCUT2D eigenvalue weighted by atomic mass is 16.1. The van der Waals surface area contributed by atoms with Crippen LogP contribution in [-0.4, -0.2) is 20.8 Å². The van der Waals surface area contributed by atoms with Gasteiger partial charge in [-0.05, 0) is 24.6 Å². The molecule has 2 aromatic heterocycles. The Hall–Kier alpha value is -2.01. The van der Waals surface area contributed by atoms with Crippen molar-refractivity contribution in [3.63, 3.8) is 0 Å². The van der Waals surface area contributed by atoms with Crippen LogP contribution < -0.4 is 10.9 Å². The Labute approximate surface area is 125 Å². The van der Waals surface area contributed by atoms with Crippen molar-refractivity contribution in [3.8, 4) is 11.4 Å². The molecule has 5 heteroatoms. The molecule has 0 saturated carbocycles. The van der Waals surface area contributed by atoms with Crippen LogP contribution in [0.15, 0.2) is 35.3 Å². The molecule has 5 nitrogen and oxygen atoms in total. The molecular weight excluding hydrogens is 264 g/mol. The van der Waals surface area contributed by atoms with Gasteiger partial charge in [-0.15, -0.1) is 0 Å². The summed E-state index contributed by atoms with van der Waals surface area (Å²) in [7, 11) is 0. The second-order valence-electron chi connectivity index (χ2n) is 5.33.